The van der Waals surface area contributed by atoms with Gasteiger partial charge in [0.25, 0.3) is 0 Å². The molecule has 1 aliphatic rings. The summed E-state index contributed by atoms with van der Waals surface area (Å²) in [6.07, 6.45) is 1.92. The molecule has 0 fully saturated rings. The van der Waals surface area contributed by atoms with Gasteiger partial charge in [-0.1, -0.05) is 24.3 Å². The molecule has 142 valence electrons. The molecule has 3 rings (SSSR count). The van der Waals surface area contributed by atoms with E-state index in [1.807, 2.05) is 25.1 Å². The first-order chi connectivity index (χ1) is 13.0. The fraction of sp³-hybridized carbons (Fsp3) is 0.238. The van der Waals surface area contributed by atoms with E-state index in [0.717, 1.165) is 28.4 Å². The van der Waals surface area contributed by atoms with Crippen LogP contribution in [0.15, 0.2) is 64.5 Å². The second-order valence-electron chi connectivity index (χ2n) is 6.46. The van der Waals surface area contributed by atoms with Crippen molar-refractivity contribution >= 4 is 15.9 Å². The van der Waals surface area contributed by atoms with Crippen molar-refractivity contribution in [3.8, 4) is 0 Å². The van der Waals surface area contributed by atoms with Gasteiger partial charge in [-0.15, -0.1) is 0 Å². The minimum Gasteiger partial charge on any atom is -0.488 e. The Kier molecular flexibility index (Phi) is 6.29. The number of nitrogens with zero attached hydrogens (tertiary/aromatic N) is 1. The number of ether oxygens (including phenoxy) is 1. The summed E-state index contributed by atoms with van der Waals surface area (Å²) in [7, 11) is 0. The fourth-order valence-electron chi connectivity index (χ4n) is 2.90. The van der Waals surface area contributed by atoms with Gasteiger partial charge in [-0.25, -0.2) is 8.78 Å². The molecule has 0 aliphatic carbocycles. The minimum atomic E-state index is -0.607. The number of hydrogen-bond acceptors (Lipinski definition) is 3. The van der Waals surface area contributed by atoms with E-state index in [4.69, 9.17) is 10.5 Å². The summed E-state index contributed by atoms with van der Waals surface area (Å²) in [6, 6.07) is 11.7. The maximum Gasteiger partial charge on any atom is 0.133 e. The van der Waals surface area contributed by atoms with Crippen LogP contribution in [0.2, 0.25) is 0 Å². The smallest absolute Gasteiger partial charge is 0.133 e. The molecule has 0 radical (unpaired) electrons. The third kappa shape index (κ3) is 4.96. The fourth-order valence-corrected chi connectivity index (χ4v) is 3.43. The Morgan fingerprint density at radius 2 is 1.93 bits per heavy atom. The van der Waals surface area contributed by atoms with Gasteiger partial charge in [-0.05, 0) is 52.2 Å². The standard InChI is InChI=1S/C21H21BrF2N2O/c1-14-7-21(27-13-17-5-6-18(23)9-20(17)24)19(22)12-26(14)11-16-4-2-3-15(8-16)10-25/h2-9H,10-13,25H2,1H3. The van der Waals surface area contributed by atoms with Crippen molar-refractivity contribution in [1.29, 1.82) is 0 Å². The lowest BCUT2D eigenvalue weighted by molar-refractivity contribution is 0.197. The molecule has 0 bridgehead atoms. The molecular weight excluding hydrogens is 414 g/mol. The van der Waals surface area contributed by atoms with Crippen molar-refractivity contribution in [2.45, 2.75) is 26.6 Å². The van der Waals surface area contributed by atoms with Gasteiger partial charge in [0.15, 0.2) is 0 Å². The number of nitrogens with two attached hydrogens (primary N) is 1. The zero-order valence-electron chi connectivity index (χ0n) is 15.0. The summed E-state index contributed by atoms with van der Waals surface area (Å²) in [4.78, 5) is 2.21. The summed E-state index contributed by atoms with van der Waals surface area (Å²) < 4.78 is 33.4. The Morgan fingerprint density at radius 3 is 2.67 bits per heavy atom. The van der Waals surface area contributed by atoms with Crippen molar-refractivity contribution in [3.63, 3.8) is 0 Å². The van der Waals surface area contributed by atoms with Crippen LogP contribution >= 0.6 is 15.9 Å². The first kappa shape index (κ1) is 19.6. The molecule has 0 unspecified atom stereocenters. The highest BCUT2D eigenvalue weighted by Gasteiger charge is 2.18. The predicted molar refractivity (Wildman–Crippen MR) is 106 cm³/mol. The largest absolute Gasteiger partial charge is 0.488 e. The average molecular weight is 435 g/mol. The molecule has 27 heavy (non-hydrogen) atoms. The van der Waals surface area contributed by atoms with Crippen LogP contribution in [0.5, 0.6) is 0 Å². The van der Waals surface area contributed by atoms with E-state index in [-0.39, 0.29) is 6.61 Å². The first-order valence-electron chi connectivity index (χ1n) is 8.63. The predicted octanol–water partition coefficient (Wildman–Crippen LogP) is 4.97. The van der Waals surface area contributed by atoms with Crippen LogP contribution in [0, 0.1) is 11.6 Å². The van der Waals surface area contributed by atoms with Gasteiger partial charge >= 0.3 is 0 Å². The highest BCUT2D eigenvalue weighted by Crippen LogP contribution is 2.28. The van der Waals surface area contributed by atoms with Gasteiger partial charge in [-0.3, -0.25) is 0 Å². The molecular formula is C21H21BrF2N2O. The van der Waals surface area contributed by atoms with Crippen LogP contribution in [-0.2, 0) is 24.4 Å². The lowest BCUT2D eigenvalue weighted by atomic mass is 10.1. The maximum absolute atomic E-state index is 13.8. The Bertz CT molecular complexity index is 896. The second kappa shape index (κ2) is 8.67. The highest BCUT2D eigenvalue weighted by molar-refractivity contribution is 9.11. The molecule has 0 atom stereocenters. The van der Waals surface area contributed by atoms with Gasteiger partial charge in [0.2, 0.25) is 0 Å². The topological polar surface area (TPSA) is 38.5 Å². The molecule has 0 saturated heterocycles. The van der Waals surface area contributed by atoms with Crippen molar-refractivity contribution in [1.82, 2.24) is 4.90 Å². The van der Waals surface area contributed by atoms with Crippen LogP contribution < -0.4 is 5.73 Å². The van der Waals surface area contributed by atoms with E-state index in [1.54, 1.807) is 0 Å². The highest BCUT2D eigenvalue weighted by atomic mass is 79.9. The summed E-state index contributed by atoms with van der Waals surface area (Å²) >= 11 is 3.56. The molecule has 2 aromatic carbocycles. The summed E-state index contributed by atoms with van der Waals surface area (Å²) in [5, 5.41) is 0. The number of benzene rings is 2. The molecule has 2 aromatic rings. The molecule has 6 heteroatoms. The van der Waals surface area contributed by atoms with E-state index in [9.17, 15) is 8.78 Å². The second-order valence-corrected chi connectivity index (χ2v) is 7.42. The minimum absolute atomic E-state index is 0.0405. The van der Waals surface area contributed by atoms with Crippen LogP contribution in [0.25, 0.3) is 0 Å². The lowest BCUT2D eigenvalue weighted by Crippen LogP contribution is -2.26. The van der Waals surface area contributed by atoms with E-state index in [1.165, 1.54) is 17.7 Å². The van der Waals surface area contributed by atoms with Crippen LogP contribution in [0.4, 0.5) is 8.78 Å². The zero-order valence-corrected chi connectivity index (χ0v) is 16.6. The quantitative estimate of drug-likeness (QED) is 0.697. The molecule has 0 amide bonds. The van der Waals surface area contributed by atoms with E-state index >= 15 is 0 Å². The van der Waals surface area contributed by atoms with Crippen molar-refractivity contribution in [2.75, 3.05) is 6.54 Å². The van der Waals surface area contributed by atoms with Gasteiger partial charge < -0.3 is 15.4 Å². The molecule has 3 nitrogen and oxygen atoms in total. The molecule has 0 saturated carbocycles. The summed E-state index contributed by atoms with van der Waals surface area (Å²) in [6.45, 7) is 3.97. The Morgan fingerprint density at radius 1 is 1.15 bits per heavy atom. The molecule has 0 aromatic heterocycles. The van der Waals surface area contributed by atoms with E-state index in [0.29, 0.717) is 24.4 Å². The molecule has 0 spiro atoms. The number of rotatable bonds is 6. The normalized spacial score (nSPS) is 14.4. The monoisotopic (exact) mass is 434 g/mol. The van der Waals surface area contributed by atoms with Crippen molar-refractivity contribution < 1.29 is 13.5 Å². The first-order valence-corrected chi connectivity index (χ1v) is 9.42. The Labute approximate surface area is 166 Å². The van der Waals surface area contributed by atoms with E-state index < -0.39 is 11.6 Å². The molecule has 2 N–H and O–H groups in total. The molecule has 1 heterocycles. The average Bonchev–Trinajstić information content (AvgIpc) is 2.64. The molecule has 1 aliphatic heterocycles. The van der Waals surface area contributed by atoms with Crippen LogP contribution in [0.1, 0.15) is 23.6 Å². The van der Waals surface area contributed by atoms with Gasteiger partial charge in [0.1, 0.15) is 24.0 Å². The van der Waals surface area contributed by atoms with Crippen molar-refractivity contribution in [3.05, 3.63) is 92.8 Å². The maximum atomic E-state index is 13.8. The number of hydrogen-bond donors (Lipinski definition) is 1. The lowest BCUT2D eigenvalue weighted by Gasteiger charge is -2.30. The van der Waals surface area contributed by atoms with Crippen molar-refractivity contribution in [2.24, 2.45) is 5.73 Å². The van der Waals surface area contributed by atoms with Gasteiger partial charge in [0, 0.05) is 30.4 Å². The Balaban J connectivity index is 1.66. The third-order valence-electron chi connectivity index (χ3n) is 4.43. The van der Waals surface area contributed by atoms with Crippen LogP contribution in [-0.4, -0.2) is 11.4 Å². The van der Waals surface area contributed by atoms with Gasteiger partial charge in [-0.2, -0.15) is 0 Å². The number of halogens is 3. The summed E-state index contributed by atoms with van der Waals surface area (Å²) in [5.74, 6) is -0.549. The summed E-state index contributed by atoms with van der Waals surface area (Å²) in [5.41, 5.74) is 9.37. The van der Waals surface area contributed by atoms with E-state index in [2.05, 4.69) is 33.0 Å². The van der Waals surface area contributed by atoms with Crippen LogP contribution in [0.3, 0.4) is 0 Å². The number of allylic oxidation sites excluding steroid dienone is 2. The zero-order chi connectivity index (χ0) is 19.4. The Hall–Kier alpha value is -2.18. The SMILES string of the molecule is CC1=CC(OCc2ccc(F)cc2F)=C(Br)CN1Cc1cccc(CN)c1. The third-order valence-corrected chi connectivity index (χ3v) is 5.08. The van der Waals surface area contributed by atoms with Gasteiger partial charge in [0.05, 0.1) is 11.0 Å².